The van der Waals surface area contributed by atoms with Crippen LogP contribution in [0.3, 0.4) is 0 Å². The lowest BCUT2D eigenvalue weighted by Crippen LogP contribution is -2.62. The molecule has 0 aliphatic carbocycles. The molecule has 0 aromatic rings. The highest BCUT2D eigenvalue weighted by Gasteiger charge is 2.83. The molecule has 11 heteroatoms. The lowest BCUT2D eigenvalue weighted by atomic mass is 10.1. The third kappa shape index (κ3) is 2.64. The number of rotatable bonds is 4. The van der Waals surface area contributed by atoms with Gasteiger partial charge in [0.25, 0.3) is 0 Å². The molecule has 0 unspecified atom stereocenters. The van der Waals surface area contributed by atoms with Gasteiger partial charge < -0.3 is 4.74 Å². The Hall–Kier alpha value is -1.16. The zero-order chi connectivity index (χ0) is 15.0. The first-order valence-electron chi connectivity index (χ1n) is 4.12. The number of hydrogen-bond donors (Lipinski definition) is 0. The molecular formula is C7H5F9O2. The van der Waals surface area contributed by atoms with E-state index < -0.39 is 36.5 Å². The number of esters is 1. The van der Waals surface area contributed by atoms with Gasteiger partial charge in [0.2, 0.25) is 0 Å². The Bertz CT molecular complexity index is 319. The Morgan fingerprint density at radius 1 is 0.889 bits per heavy atom. The fraction of sp³-hybridized carbons (Fsp3) is 0.857. The third-order valence-electron chi connectivity index (χ3n) is 1.65. The number of halogens is 9. The van der Waals surface area contributed by atoms with Crippen LogP contribution in [0.5, 0.6) is 0 Å². The molecule has 0 N–H and O–H groups in total. The Balaban J connectivity index is 5.42. The topological polar surface area (TPSA) is 26.3 Å². The van der Waals surface area contributed by atoms with Crippen LogP contribution in [0.4, 0.5) is 39.5 Å². The van der Waals surface area contributed by atoms with Crippen LogP contribution in [-0.4, -0.2) is 30.1 Å². The van der Waals surface area contributed by atoms with E-state index in [4.69, 9.17) is 0 Å². The molecule has 0 amide bonds. The minimum absolute atomic E-state index is 0.846. The maximum absolute atomic E-state index is 12.5. The predicted octanol–water partition coefficient (Wildman–Crippen LogP) is 3.37. The average Bonchev–Trinajstić information content (AvgIpc) is 2.14. The van der Waals surface area contributed by atoms with Crippen LogP contribution in [0.15, 0.2) is 0 Å². The molecular weight excluding hydrogens is 287 g/mol. The number of carbonyl (C=O) groups excluding carboxylic acids is 1. The van der Waals surface area contributed by atoms with E-state index in [1.54, 1.807) is 0 Å². The van der Waals surface area contributed by atoms with E-state index in [-0.39, 0.29) is 0 Å². The molecule has 0 radical (unpaired) electrons. The highest BCUT2D eigenvalue weighted by Crippen LogP contribution is 2.53. The number of ether oxygens (including phenoxy) is 1. The minimum atomic E-state index is -7.06. The molecule has 0 saturated carbocycles. The van der Waals surface area contributed by atoms with Gasteiger partial charge in [-0.05, 0) is 0 Å². The lowest BCUT2D eigenvalue weighted by Gasteiger charge is -2.32. The molecule has 0 bridgehead atoms. The molecule has 0 aromatic heterocycles. The van der Waals surface area contributed by atoms with Gasteiger partial charge in [-0.25, -0.2) is 0 Å². The Kier molecular flexibility index (Phi) is 4.21. The van der Waals surface area contributed by atoms with E-state index in [0.717, 1.165) is 6.92 Å². The first-order chi connectivity index (χ1) is 7.70. The van der Waals surface area contributed by atoms with E-state index >= 15 is 0 Å². The summed E-state index contributed by atoms with van der Waals surface area (Å²) in [5.74, 6) is -16.0. The largest absolute Gasteiger partial charge is 0.473 e. The summed E-state index contributed by atoms with van der Waals surface area (Å²) < 4.78 is 112. The van der Waals surface area contributed by atoms with Gasteiger partial charge in [0.1, 0.15) is 0 Å². The molecule has 108 valence electrons. The standard InChI is InChI=1S/C7H5F9O2/c1-2-3(17)18-7(15,16)5(10,11)4(8,9)6(12,13)14/h2H2,1H3. The Morgan fingerprint density at radius 2 is 1.28 bits per heavy atom. The van der Waals surface area contributed by atoms with Crippen molar-refractivity contribution in [1.82, 2.24) is 0 Å². The second kappa shape index (κ2) is 4.50. The fourth-order valence-corrected chi connectivity index (χ4v) is 0.640. The van der Waals surface area contributed by atoms with E-state index in [1.165, 1.54) is 0 Å². The van der Waals surface area contributed by atoms with Crippen molar-refractivity contribution in [3.8, 4) is 0 Å². The minimum Gasteiger partial charge on any atom is -0.396 e. The smallest absolute Gasteiger partial charge is 0.396 e. The first kappa shape index (κ1) is 16.8. The molecule has 0 aliphatic heterocycles. The Labute approximate surface area is 93.7 Å². The van der Waals surface area contributed by atoms with Crippen molar-refractivity contribution >= 4 is 5.97 Å². The maximum atomic E-state index is 12.5. The number of hydrogen-bond acceptors (Lipinski definition) is 2. The third-order valence-corrected chi connectivity index (χ3v) is 1.65. The average molecular weight is 292 g/mol. The van der Waals surface area contributed by atoms with Gasteiger partial charge in [0.15, 0.2) is 0 Å². The molecule has 0 atom stereocenters. The molecule has 2 nitrogen and oxygen atoms in total. The predicted molar refractivity (Wildman–Crippen MR) is 37.3 cm³/mol. The van der Waals surface area contributed by atoms with Gasteiger partial charge in [-0.2, -0.15) is 39.5 Å². The zero-order valence-electron chi connectivity index (χ0n) is 8.43. The summed E-state index contributed by atoms with van der Waals surface area (Å²) in [7, 11) is 0. The summed E-state index contributed by atoms with van der Waals surface area (Å²) >= 11 is 0. The van der Waals surface area contributed by atoms with Crippen molar-refractivity contribution in [3.05, 3.63) is 0 Å². The highest BCUT2D eigenvalue weighted by atomic mass is 19.4. The van der Waals surface area contributed by atoms with Crippen LogP contribution in [-0.2, 0) is 9.53 Å². The van der Waals surface area contributed by atoms with Gasteiger partial charge in [-0.1, -0.05) is 6.92 Å². The van der Waals surface area contributed by atoms with Gasteiger partial charge >= 0.3 is 30.1 Å². The van der Waals surface area contributed by atoms with E-state index in [0.29, 0.717) is 0 Å². The second-order valence-corrected chi connectivity index (χ2v) is 2.99. The molecule has 0 heterocycles. The van der Waals surface area contributed by atoms with Crippen LogP contribution in [0, 0.1) is 0 Å². The van der Waals surface area contributed by atoms with Crippen molar-refractivity contribution in [2.24, 2.45) is 0 Å². The summed E-state index contributed by atoms with van der Waals surface area (Å²) in [6.45, 7) is 0.846. The van der Waals surface area contributed by atoms with Crippen molar-refractivity contribution in [2.75, 3.05) is 0 Å². The number of carbonyl (C=O) groups is 1. The van der Waals surface area contributed by atoms with Gasteiger partial charge in [0.05, 0.1) is 0 Å². The Morgan fingerprint density at radius 3 is 1.56 bits per heavy atom. The SMILES string of the molecule is CCC(=O)OC(F)(F)C(F)(F)C(F)(F)C(F)(F)F. The zero-order valence-corrected chi connectivity index (χ0v) is 8.43. The van der Waals surface area contributed by atoms with E-state index in [9.17, 15) is 44.3 Å². The molecule has 0 spiro atoms. The first-order valence-corrected chi connectivity index (χ1v) is 4.12. The van der Waals surface area contributed by atoms with Crippen molar-refractivity contribution in [2.45, 2.75) is 37.5 Å². The summed E-state index contributed by atoms with van der Waals surface area (Å²) in [5.41, 5.74) is 0. The summed E-state index contributed by atoms with van der Waals surface area (Å²) in [5, 5.41) is 0. The monoisotopic (exact) mass is 292 g/mol. The van der Waals surface area contributed by atoms with Crippen molar-refractivity contribution in [3.63, 3.8) is 0 Å². The normalized spacial score (nSPS) is 14.6. The molecule has 0 aliphatic rings. The number of alkyl halides is 9. The molecule has 0 aromatic carbocycles. The summed E-state index contributed by atoms with van der Waals surface area (Å²) in [6, 6.07) is 0. The highest BCUT2D eigenvalue weighted by molar-refractivity contribution is 5.69. The van der Waals surface area contributed by atoms with Crippen molar-refractivity contribution < 1.29 is 49.0 Å². The summed E-state index contributed by atoms with van der Waals surface area (Å²) in [6.07, 6.45) is -14.1. The van der Waals surface area contributed by atoms with Gasteiger partial charge in [-0.15, -0.1) is 0 Å². The molecule has 0 rings (SSSR count). The van der Waals surface area contributed by atoms with Crippen LogP contribution < -0.4 is 0 Å². The van der Waals surface area contributed by atoms with Crippen LogP contribution in [0.2, 0.25) is 0 Å². The molecule has 0 fully saturated rings. The van der Waals surface area contributed by atoms with Crippen LogP contribution in [0.1, 0.15) is 13.3 Å². The van der Waals surface area contributed by atoms with Crippen molar-refractivity contribution in [1.29, 1.82) is 0 Å². The quantitative estimate of drug-likeness (QED) is 0.586. The second-order valence-electron chi connectivity index (χ2n) is 2.99. The van der Waals surface area contributed by atoms with Crippen LogP contribution in [0.25, 0.3) is 0 Å². The summed E-state index contributed by atoms with van der Waals surface area (Å²) in [4.78, 5) is 10.3. The maximum Gasteiger partial charge on any atom is 0.473 e. The fourth-order valence-electron chi connectivity index (χ4n) is 0.640. The van der Waals surface area contributed by atoms with Gasteiger partial charge in [0, 0.05) is 6.42 Å². The van der Waals surface area contributed by atoms with Crippen LogP contribution >= 0.6 is 0 Å². The van der Waals surface area contributed by atoms with E-state index in [2.05, 4.69) is 4.74 Å². The lowest BCUT2D eigenvalue weighted by molar-refractivity contribution is -0.435. The molecule has 18 heavy (non-hydrogen) atoms. The van der Waals surface area contributed by atoms with E-state index in [1.807, 2.05) is 0 Å². The molecule has 0 saturated heterocycles. The van der Waals surface area contributed by atoms with Gasteiger partial charge in [-0.3, -0.25) is 4.79 Å².